The van der Waals surface area contributed by atoms with E-state index in [0.29, 0.717) is 0 Å². The van der Waals surface area contributed by atoms with Crippen molar-refractivity contribution in [2.45, 2.75) is 26.7 Å². The van der Waals surface area contributed by atoms with Crippen LogP contribution in [0.2, 0.25) is 0 Å². The predicted octanol–water partition coefficient (Wildman–Crippen LogP) is 2.04. The number of carbonyl (C=O) groups excluding carboxylic acids is 1. The Morgan fingerprint density at radius 2 is 2.25 bits per heavy atom. The Kier molecular flexibility index (Phi) is 7.35. The molecule has 0 fully saturated rings. The molecule has 0 spiro atoms. The molecule has 68 valence electrons. The smallest absolute Gasteiger partial charge is 0.145 e. The topological polar surface area (TPSA) is 29.1 Å². The van der Waals surface area contributed by atoms with E-state index in [-0.39, 0.29) is 0 Å². The molecular formula is C10H17NO. The Hall–Kier alpha value is -1.05. The van der Waals surface area contributed by atoms with Crippen molar-refractivity contribution in [3.05, 3.63) is 23.9 Å². The molecular weight excluding hydrogens is 150 g/mol. The van der Waals surface area contributed by atoms with Crippen molar-refractivity contribution in [1.29, 1.82) is 0 Å². The van der Waals surface area contributed by atoms with Gasteiger partial charge in [-0.1, -0.05) is 19.4 Å². The first-order valence-corrected chi connectivity index (χ1v) is 4.33. The summed E-state index contributed by atoms with van der Waals surface area (Å²) in [4.78, 5) is 10.1. The van der Waals surface area contributed by atoms with E-state index in [2.05, 4.69) is 12.2 Å². The molecule has 0 rings (SSSR count). The highest BCUT2D eigenvalue weighted by Gasteiger charge is 1.79. The summed E-state index contributed by atoms with van der Waals surface area (Å²) >= 11 is 0. The lowest BCUT2D eigenvalue weighted by atomic mass is 10.3. The third-order valence-electron chi connectivity index (χ3n) is 1.43. The second-order valence-electron chi connectivity index (χ2n) is 2.70. The molecule has 0 aliphatic heterocycles. The van der Waals surface area contributed by atoms with Crippen LogP contribution in [0.15, 0.2) is 23.9 Å². The van der Waals surface area contributed by atoms with Crippen molar-refractivity contribution in [2.75, 3.05) is 6.54 Å². The van der Waals surface area contributed by atoms with Crippen molar-refractivity contribution >= 4 is 6.29 Å². The summed E-state index contributed by atoms with van der Waals surface area (Å²) in [6.07, 6.45) is 8.72. The quantitative estimate of drug-likeness (QED) is 0.284. The van der Waals surface area contributed by atoms with Gasteiger partial charge in [-0.25, -0.2) is 0 Å². The molecule has 0 aliphatic carbocycles. The van der Waals surface area contributed by atoms with Gasteiger partial charge < -0.3 is 5.32 Å². The minimum atomic E-state index is 0.739. The van der Waals surface area contributed by atoms with Crippen LogP contribution in [0.3, 0.4) is 0 Å². The summed E-state index contributed by atoms with van der Waals surface area (Å²) in [5, 5.41) is 3.12. The van der Waals surface area contributed by atoms with Gasteiger partial charge in [0.25, 0.3) is 0 Å². The van der Waals surface area contributed by atoms with E-state index in [1.54, 1.807) is 13.0 Å². The second-order valence-corrected chi connectivity index (χ2v) is 2.70. The molecule has 0 radical (unpaired) electrons. The molecule has 2 nitrogen and oxygen atoms in total. The Morgan fingerprint density at radius 3 is 2.83 bits per heavy atom. The number of carbonyl (C=O) groups is 1. The monoisotopic (exact) mass is 167 g/mol. The molecule has 0 aliphatic rings. The average molecular weight is 167 g/mol. The minimum absolute atomic E-state index is 0.739. The van der Waals surface area contributed by atoms with Gasteiger partial charge in [-0.05, 0) is 31.2 Å². The van der Waals surface area contributed by atoms with E-state index < -0.39 is 0 Å². The molecule has 0 amide bonds. The van der Waals surface area contributed by atoms with Gasteiger partial charge in [-0.3, -0.25) is 4.79 Å². The maximum atomic E-state index is 10.1. The summed E-state index contributed by atoms with van der Waals surface area (Å²) < 4.78 is 0. The fraction of sp³-hybridized carbons (Fsp3) is 0.500. The number of nitrogens with one attached hydrogen (secondary N) is 1. The van der Waals surface area contributed by atoms with Crippen LogP contribution >= 0.6 is 0 Å². The van der Waals surface area contributed by atoms with Gasteiger partial charge in [0.05, 0.1) is 0 Å². The number of rotatable bonds is 6. The molecule has 0 heterocycles. The minimum Gasteiger partial charge on any atom is -0.391 e. The zero-order valence-electron chi connectivity index (χ0n) is 7.84. The second kappa shape index (κ2) is 8.05. The third kappa shape index (κ3) is 7.06. The van der Waals surface area contributed by atoms with E-state index in [9.17, 15) is 4.79 Å². The zero-order valence-corrected chi connectivity index (χ0v) is 7.84. The summed E-state index contributed by atoms with van der Waals surface area (Å²) in [7, 11) is 0. The molecule has 0 unspecified atom stereocenters. The highest BCUT2D eigenvalue weighted by molar-refractivity contribution is 5.72. The predicted molar refractivity (Wildman–Crippen MR) is 51.9 cm³/mol. The van der Waals surface area contributed by atoms with Crippen molar-refractivity contribution in [3.63, 3.8) is 0 Å². The molecule has 12 heavy (non-hydrogen) atoms. The van der Waals surface area contributed by atoms with Gasteiger partial charge in [0.2, 0.25) is 0 Å². The van der Waals surface area contributed by atoms with Gasteiger partial charge in [0.1, 0.15) is 6.29 Å². The van der Waals surface area contributed by atoms with Crippen LogP contribution in [-0.4, -0.2) is 12.8 Å². The lowest BCUT2D eigenvalue weighted by Gasteiger charge is -1.95. The lowest BCUT2D eigenvalue weighted by Crippen LogP contribution is -2.05. The normalized spacial score (nSPS) is 12.0. The Balaban J connectivity index is 3.43. The first-order valence-electron chi connectivity index (χ1n) is 4.33. The van der Waals surface area contributed by atoms with Gasteiger partial charge >= 0.3 is 0 Å². The van der Waals surface area contributed by atoms with E-state index in [4.69, 9.17) is 0 Å². The summed E-state index contributed by atoms with van der Waals surface area (Å²) in [6.45, 7) is 4.94. The summed E-state index contributed by atoms with van der Waals surface area (Å²) in [6, 6.07) is 0. The van der Waals surface area contributed by atoms with Crippen molar-refractivity contribution in [2.24, 2.45) is 0 Å². The zero-order chi connectivity index (χ0) is 9.23. The fourth-order valence-electron chi connectivity index (χ4n) is 0.669. The highest BCUT2D eigenvalue weighted by Crippen LogP contribution is 1.86. The SMILES string of the molecule is CCCCN/C=C\C=C(\C)C=O. The molecule has 0 bridgehead atoms. The number of hydrogen-bond acceptors (Lipinski definition) is 2. The van der Waals surface area contributed by atoms with Gasteiger partial charge in [0.15, 0.2) is 0 Å². The standard InChI is InChI=1S/C10H17NO/c1-3-4-7-11-8-5-6-10(2)9-12/h5-6,8-9,11H,3-4,7H2,1-2H3/b8-5-,10-6-. The number of unbranched alkanes of at least 4 members (excludes halogenated alkanes) is 1. The highest BCUT2D eigenvalue weighted by atomic mass is 16.1. The largest absolute Gasteiger partial charge is 0.391 e. The Bertz CT molecular complexity index is 171. The van der Waals surface area contributed by atoms with Gasteiger partial charge in [-0.2, -0.15) is 0 Å². The lowest BCUT2D eigenvalue weighted by molar-refractivity contribution is -0.104. The van der Waals surface area contributed by atoms with Gasteiger partial charge in [0, 0.05) is 6.54 Å². The van der Waals surface area contributed by atoms with Crippen molar-refractivity contribution in [3.8, 4) is 0 Å². The van der Waals surface area contributed by atoms with Gasteiger partial charge in [-0.15, -0.1) is 0 Å². The molecule has 0 aromatic heterocycles. The van der Waals surface area contributed by atoms with Crippen LogP contribution < -0.4 is 5.32 Å². The molecule has 2 heteroatoms. The molecule has 0 aromatic rings. The summed E-state index contributed by atoms with van der Waals surface area (Å²) in [5.41, 5.74) is 0.739. The molecule has 0 saturated carbocycles. The van der Waals surface area contributed by atoms with E-state index in [0.717, 1.165) is 18.4 Å². The van der Waals surface area contributed by atoms with Crippen LogP contribution in [0.25, 0.3) is 0 Å². The average Bonchev–Trinajstić information content (AvgIpc) is 2.10. The number of allylic oxidation sites excluding steroid dienone is 3. The first kappa shape index (κ1) is 11.0. The van der Waals surface area contributed by atoms with Crippen LogP contribution in [0.1, 0.15) is 26.7 Å². The first-order chi connectivity index (χ1) is 5.81. The Morgan fingerprint density at radius 1 is 1.50 bits per heavy atom. The van der Waals surface area contributed by atoms with Crippen molar-refractivity contribution in [1.82, 2.24) is 5.32 Å². The van der Waals surface area contributed by atoms with Crippen LogP contribution in [0, 0.1) is 0 Å². The van der Waals surface area contributed by atoms with E-state index in [1.807, 2.05) is 12.3 Å². The molecule has 0 saturated heterocycles. The molecule has 1 N–H and O–H groups in total. The van der Waals surface area contributed by atoms with Crippen LogP contribution in [-0.2, 0) is 4.79 Å². The van der Waals surface area contributed by atoms with Crippen molar-refractivity contribution < 1.29 is 4.79 Å². The maximum Gasteiger partial charge on any atom is 0.145 e. The van der Waals surface area contributed by atoms with E-state index in [1.165, 1.54) is 12.8 Å². The fourth-order valence-corrected chi connectivity index (χ4v) is 0.669. The number of aldehydes is 1. The third-order valence-corrected chi connectivity index (χ3v) is 1.43. The maximum absolute atomic E-state index is 10.1. The summed E-state index contributed by atoms with van der Waals surface area (Å²) in [5.74, 6) is 0. The van der Waals surface area contributed by atoms with Crippen LogP contribution in [0.5, 0.6) is 0 Å². The van der Waals surface area contributed by atoms with Crippen LogP contribution in [0.4, 0.5) is 0 Å². The Labute approximate surface area is 74.4 Å². The number of hydrogen-bond donors (Lipinski definition) is 1. The molecule has 0 atom stereocenters. The van der Waals surface area contributed by atoms with E-state index >= 15 is 0 Å². The molecule has 0 aromatic carbocycles.